The van der Waals surface area contributed by atoms with E-state index in [0.717, 1.165) is 32.4 Å². The highest BCUT2D eigenvalue weighted by Crippen LogP contribution is 2.11. The maximum atomic E-state index is 12.2. The second kappa shape index (κ2) is 9.56. The Morgan fingerprint density at radius 2 is 2.18 bits per heavy atom. The summed E-state index contributed by atoms with van der Waals surface area (Å²) in [5.74, 6) is -0.802. The Hall–Kier alpha value is -1.43. The van der Waals surface area contributed by atoms with Gasteiger partial charge in [-0.15, -0.1) is 0 Å². The van der Waals surface area contributed by atoms with Crippen LogP contribution in [-0.2, 0) is 14.4 Å². The van der Waals surface area contributed by atoms with Gasteiger partial charge in [-0.2, -0.15) is 0 Å². The van der Waals surface area contributed by atoms with Crippen LogP contribution in [0, 0.1) is 5.92 Å². The molecule has 1 unspecified atom stereocenters. The van der Waals surface area contributed by atoms with E-state index in [1.807, 2.05) is 0 Å². The van der Waals surface area contributed by atoms with E-state index in [4.69, 9.17) is 5.73 Å². The average molecular weight is 311 g/mol. The SMILES string of the molecule is CCCCN1CCC[C@H](NC(=O)CCC(C)C(N)=O)C(=O)C1. The van der Waals surface area contributed by atoms with Crippen molar-refractivity contribution in [2.75, 3.05) is 19.6 Å². The molecule has 0 radical (unpaired) electrons. The highest BCUT2D eigenvalue weighted by atomic mass is 16.2. The van der Waals surface area contributed by atoms with Gasteiger partial charge in [-0.3, -0.25) is 19.3 Å². The number of hydrogen-bond acceptors (Lipinski definition) is 4. The van der Waals surface area contributed by atoms with Gasteiger partial charge in [0.2, 0.25) is 11.8 Å². The number of ketones is 1. The van der Waals surface area contributed by atoms with Crippen LogP contribution in [0.25, 0.3) is 0 Å². The summed E-state index contributed by atoms with van der Waals surface area (Å²) in [5.41, 5.74) is 5.17. The lowest BCUT2D eigenvalue weighted by Gasteiger charge is -2.19. The summed E-state index contributed by atoms with van der Waals surface area (Å²) in [4.78, 5) is 37.3. The molecule has 2 atom stereocenters. The molecule has 1 aliphatic rings. The van der Waals surface area contributed by atoms with Gasteiger partial charge in [-0.05, 0) is 38.8 Å². The molecule has 1 heterocycles. The lowest BCUT2D eigenvalue weighted by Crippen LogP contribution is -2.43. The normalized spacial score (nSPS) is 21.2. The maximum Gasteiger partial charge on any atom is 0.220 e. The number of likely N-dealkylation sites (tertiary alicyclic amines) is 1. The van der Waals surface area contributed by atoms with Crippen molar-refractivity contribution in [2.24, 2.45) is 11.7 Å². The minimum Gasteiger partial charge on any atom is -0.369 e. The molecule has 0 saturated carbocycles. The van der Waals surface area contributed by atoms with E-state index in [0.29, 0.717) is 19.4 Å². The minimum atomic E-state index is -0.398. The fraction of sp³-hybridized carbons (Fsp3) is 0.812. The van der Waals surface area contributed by atoms with Crippen LogP contribution in [0.2, 0.25) is 0 Å². The smallest absolute Gasteiger partial charge is 0.220 e. The minimum absolute atomic E-state index is 0.0879. The molecule has 1 aliphatic heterocycles. The Morgan fingerprint density at radius 3 is 2.82 bits per heavy atom. The zero-order valence-electron chi connectivity index (χ0n) is 13.8. The first kappa shape index (κ1) is 18.6. The number of nitrogens with one attached hydrogen (secondary N) is 1. The first-order valence-electron chi connectivity index (χ1n) is 8.27. The van der Waals surface area contributed by atoms with Gasteiger partial charge in [-0.1, -0.05) is 20.3 Å². The van der Waals surface area contributed by atoms with Gasteiger partial charge >= 0.3 is 0 Å². The van der Waals surface area contributed by atoms with Gasteiger partial charge in [0.1, 0.15) is 0 Å². The molecular formula is C16H29N3O3. The molecular weight excluding hydrogens is 282 g/mol. The van der Waals surface area contributed by atoms with E-state index in [-0.39, 0.29) is 30.1 Å². The van der Waals surface area contributed by atoms with Crippen molar-refractivity contribution in [1.29, 1.82) is 0 Å². The Labute approximate surface area is 132 Å². The molecule has 126 valence electrons. The van der Waals surface area contributed by atoms with E-state index in [2.05, 4.69) is 17.1 Å². The van der Waals surface area contributed by atoms with Crippen molar-refractivity contribution in [3.05, 3.63) is 0 Å². The molecule has 22 heavy (non-hydrogen) atoms. The van der Waals surface area contributed by atoms with Crippen molar-refractivity contribution >= 4 is 17.6 Å². The van der Waals surface area contributed by atoms with E-state index in [9.17, 15) is 14.4 Å². The topological polar surface area (TPSA) is 92.5 Å². The molecule has 0 spiro atoms. The standard InChI is InChI=1S/C16H29N3O3/c1-3-4-9-19-10-5-6-13(14(20)11-19)18-15(21)8-7-12(2)16(17)22/h12-13H,3-11H2,1-2H3,(H2,17,22)(H,18,21)/t12?,13-/m0/s1. The van der Waals surface area contributed by atoms with Crippen molar-refractivity contribution < 1.29 is 14.4 Å². The predicted molar refractivity (Wildman–Crippen MR) is 85.1 cm³/mol. The third kappa shape index (κ3) is 6.56. The first-order valence-corrected chi connectivity index (χ1v) is 8.27. The van der Waals surface area contributed by atoms with Gasteiger partial charge in [0, 0.05) is 12.3 Å². The van der Waals surface area contributed by atoms with Crippen LogP contribution in [0.5, 0.6) is 0 Å². The summed E-state index contributed by atoms with van der Waals surface area (Å²) in [6.07, 6.45) is 4.47. The van der Waals surface area contributed by atoms with E-state index >= 15 is 0 Å². The number of Topliss-reactive ketones (excluding diaryl/α,β-unsaturated/α-hetero) is 1. The summed E-state index contributed by atoms with van der Waals surface area (Å²) in [7, 11) is 0. The molecule has 3 N–H and O–H groups in total. The van der Waals surface area contributed by atoms with Gasteiger partial charge in [-0.25, -0.2) is 0 Å². The quantitative estimate of drug-likeness (QED) is 0.694. The monoisotopic (exact) mass is 311 g/mol. The lowest BCUT2D eigenvalue weighted by atomic mass is 10.0. The van der Waals surface area contributed by atoms with Crippen LogP contribution in [-0.4, -0.2) is 48.2 Å². The number of hydrogen-bond donors (Lipinski definition) is 2. The molecule has 0 aromatic rings. The van der Waals surface area contributed by atoms with Crippen LogP contribution in [0.1, 0.15) is 52.4 Å². The van der Waals surface area contributed by atoms with Gasteiger partial charge in [0.25, 0.3) is 0 Å². The van der Waals surface area contributed by atoms with Gasteiger partial charge in [0.15, 0.2) is 5.78 Å². The van der Waals surface area contributed by atoms with E-state index < -0.39 is 5.91 Å². The Bertz CT molecular complexity index is 398. The first-order chi connectivity index (χ1) is 10.4. The van der Waals surface area contributed by atoms with E-state index in [1.54, 1.807) is 6.92 Å². The number of rotatable bonds is 8. The number of nitrogens with zero attached hydrogens (tertiary/aromatic N) is 1. The number of nitrogens with two attached hydrogens (primary N) is 1. The number of amides is 2. The summed E-state index contributed by atoms with van der Waals surface area (Å²) in [6.45, 7) is 6.12. The Kier molecular flexibility index (Phi) is 8.09. The zero-order valence-corrected chi connectivity index (χ0v) is 13.8. The molecule has 1 rings (SSSR count). The molecule has 1 fully saturated rings. The molecule has 1 saturated heterocycles. The van der Waals surface area contributed by atoms with Gasteiger partial charge < -0.3 is 11.1 Å². The third-order valence-corrected chi connectivity index (χ3v) is 4.19. The second-order valence-corrected chi connectivity index (χ2v) is 6.20. The van der Waals surface area contributed by atoms with E-state index in [1.165, 1.54) is 0 Å². The van der Waals surface area contributed by atoms with Crippen LogP contribution < -0.4 is 11.1 Å². The van der Waals surface area contributed by atoms with Crippen LogP contribution in [0.15, 0.2) is 0 Å². The Balaban J connectivity index is 2.40. The zero-order chi connectivity index (χ0) is 16.5. The summed E-state index contributed by atoms with van der Waals surface area (Å²) in [5, 5.41) is 2.81. The lowest BCUT2D eigenvalue weighted by molar-refractivity contribution is -0.128. The number of unbranched alkanes of at least 4 members (excludes halogenated alkanes) is 1. The molecule has 0 aromatic carbocycles. The van der Waals surface area contributed by atoms with Crippen LogP contribution in [0.3, 0.4) is 0 Å². The number of carbonyl (C=O) groups is 3. The Morgan fingerprint density at radius 1 is 1.45 bits per heavy atom. The molecule has 0 bridgehead atoms. The van der Waals surface area contributed by atoms with Crippen molar-refractivity contribution in [1.82, 2.24) is 10.2 Å². The summed E-state index contributed by atoms with van der Waals surface area (Å²) >= 11 is 0. The molecule has 0 aromatic heterocycles. The number of primary amides is 1. The molecule has 6 heteroatoms. The van der Waals surface area contributed by atoms with Gasteiger partial charge in [0.05, 0.1) is 12.6 Å². The third-order valence-electron chi connectivity index (χ3n) is 4.19. The van der Waals surface area contributed by atoms with Crippen molar-refractivity contribution in [3.63, 3.8) is 0 Å². The molecule has 6 nitrogen and oxygen atoms in total. The second-order valence-electron chi connectivity index (χ2n) is 6.20. The highest BCUT2D eigenvalue weighted by molar-refractivity contribution is 5.90. The molecule has 0 aliphatic carbocycles. The van der Waals surface area contributed by atoms with Crippen LogP contribution >= 0.6 is 0 Å². The van der Waals surface area contributed by atoms with Crippen molar-refractivity contribution in [2.45, 2.75) is 58.4 Å². The number of carbonyl (C=O) groups excluding carboxylic acids is 3. The highest BCUT2D eigenvalue weighted by Gasteiger charge is 2.25. The fourth-order valence-corrected chi connectivity index (χ4v) is 2.57. The molecule has 2 amide bonds. The largest absolute Gasteiger partial charge is 0.369 e. The average Bonchev–Trinajstić information content (AvgIpc) is 2.64. The predicted octanol–water partition coefficient (Wildman–Crippen LogP) is 0.838. The van der Waals surface area contributed by atoms with Crippen molar-refractivity contribution in [3.8, 4) is 0 Å². The summed E-state index contributed by atoms with van der Waals surface area (Å²) < 4.78 is 0. The van der Waals surface area contributed by atoms with Crippen LogP contribution in [0.4, 0.5) is 0 Å². The summed E-state index contributed by atoms with van der Waals surface area (Å²) in [6, 6.07) is -0.386. The maximum absolute atomic E-state index is 12.2. The fourth-order valence-electron chi connectivity index (χ4n) is 2.57.